The van der Waals surface area contributed by atoms with Crippen molar-refractivity contribution in [3.63, 3.8) is 0 Å². The van der Waals surface area contributed by atoms with Gasteiger partial charge in [0, 0.05) is 12.5 Å². The van der Waals surface area contributed by atoms with E-state index in [-0.39, 0.29) is 12.5 Å². The van der Waals surface area contributed by atoms with Crippen LogP contribution in [-0.2, 0) is 17.8 Å². The van der Waals surface area contributed by atoms with Gasteiger partial charge in [0.1, 0.15) is 0 Å². The van der Waals surface area contributed by atoms with Crippen LogP contribution in [-0.4, -0.2) is 38.8 Å². The number of aryl methyl sites for hydroxylation is 1. The van der Waals surface area contributed by atoms with E-state index in [1.807, 2.05) is 25.7 Å². The van der Waals surface area contributed by atoms with E-state index in [1.165, 1.54) is 0 Å². The Hall–Kier alpha value is -1.43. The zero-order chi connectivity index (χ0) is 12.8. The quantitative estimate of drug-likeness (QED) is 0.775. The third-order valence-electron chi connectivity index (χ3n) is 2.65. The van der Waals surface area contributed by atoms with Crippen LogP contribution in [0.2, 0.25) is 0 Å². The molecular formula is C11H19N3O3. The predicted molar refractivity (Wildman–Crippen MR) is 61.5 cm³/mol. The second-order valence-electron chi connectivity index (χ2n) is 3.95. The van der Waals surface area contributed by atoms with Gasteiger partial charge in [0.2, 0.25) is 11.8 Å². The first-order valence-electron chi connectivity index (χ1n) is 5.83. The minimum atomic E-state index is -0.796. The fraction of sp³-hybridized carbons (Fsp3) is 0.727. The van der Waals surface area contributed by atoms with Crippen LogP contribution < -0.4 is 0 Å². The smallest absolute Gasteiger partial charge is 0.304 e. The van der Waals surface area contributed by atoms with Crippen molar-refractivity contribution in [3.05, 3.63) is 11.8 Å². The third kappa shape index (κ3) is 4.14. The molecule has 0 aliphatic heterocycles. The summed E-state index contributed by atoms with van der Waals surface area (Å²) in [6.45, 7) is 7.06. The number of carbonyl (C=O) groups is 1. The first-order valence-corrected chi connectivity index (χ1v) is 5.83. The number of rotatable bonds is 7. The maximum atomic E-state index is 10.7. The molecule has 0 saturated carbocycles. The van der Waals surface area contributed by atoms with Crippen molar-refractivity contribution >= 4 is 5.97 Å². The first kappa shape index (κ1) is 13.6. The van der Waals surface area contributed by atoms with Crippen LogP contribution >= 0.6 is 0 Å². The highest BCUT2D eigenvalue weighted by Crippen LogP contribution is 2.10. The summed E-state index contributed by atoms with van der Waals surface area (Å²) in [5, 5.41) is 16.6. The molecule has 0 bridgehead atoms. The number of aromatic nitrogens is 2. The third-order valence-corrected chi connectivity index (χ3v) is 2.65. The largest absolute Gasteiger partial charge is 0.481 e. The van der Waals surface area contributed by atoms with Crippen molar-refractivity contribution in [2.75, 3.05) is 6.54 Å². The Balaban J connectivity index is 2.59. The van der Waals surface area contributed by atoms with E-state index in [2.05, 4.69) is 10.2 Å². The molecule has 6 heteroatoms. The summed E-state index contributed by atoms with van der Waals surface area (Å²) in [4.78, 5) is 12.7. The van der Waals surface area contributed by atoms with Crippen LogP contribution in [0.25, 0.3) is 0 Å². The summed E-state index contributed by atoms with van der Waals surface area (Å²) < 4.78 is 5.41. The SMILES string of the molecule is CCc1nnc(CN(CC)C(C)CC(=O)O)o1. The number of aliphatic carboxylic acids is 1. The van der Waals surface area contributed by atoms with Crippen molar-refractivity contribution in [1.82, 2.24) is 15.1 Å². The molecule has 17 heavy (non-hydrogen) atoms. The van der Waals surface area contributed by atoms with Gasteiger partial charge in [-0.15, -0.1) is 10.2 Å². The molecule has 0 spiro atoms. The Kier molecular flexibility index (Phi) is 5.09. The number of nitrogens with zero attached hydrogens (tertiary/aromatic N) is 3. The van der Waals surface area contributed by atoms with Crippen LogP contribution in [0.4, 0.5) is 0 Å². The highest BCUT2D eigenvalue weighted by molar-refractivity contribution is 5.67. The molecule has 6 nitrogen and oxygen atoms in total. The minimum absolute atomic E-state index is 0.0468. The lowest BCUT2D eigenvalue weighted by Gasteiger charge is -2.24. The Labute approximate surface area is 101 Å². The van der Waals surface area contributed by atoms with Gasteiger partial charge in [0.05, 0.1) is 13.0 Å². The lowest BCUT2D eigenvalue weighted by atomic mass is 10.2. The van der Waals surface area contributed by atoms with Gasteiger partial charge in [0.15, 0.2) is 0 Å². The van der Waals surface area contributed by atoms with Crippen LogP contribution in [0.5, 0.6) is 0 Å². The summed E-state index contributed by atoms with van der Waals surface area (Å²) in [5.74, 6) is 0.360. The standard InChI is InChI=1S/C11H19N3O3/c1-4-9-12-13-10(17-9)7-14(5-2)8(3)6-11(15)16/h8H,4-7H2,1-3H3,(H,15,16). The summed E-state index contributed by atoms with van der Waals surface area (Å²) in [7, 11) is 0. The average Bonchev–Trinajstić information content (AvgIpc) is 2.72. The van der Waals surface area contributed by atoms with Crippen LogP contribution in [0, 0.1) is 0 Å². The van der Waals surface area contributed by atoms with E-state index < -0.39 is 5.97 Å². The zero-order valence-corrected chi connectivity index (χ0v) is 10.5. The van der Waals surface area contributed by atoms with Crippen molar-refractivity contribution in [2.45, 2.75) is 46.2 Å². The van der Waals surface area contributed by atoms with E-state index in [0.717, 1.165) is 6.54 Å². The second kappa shape index (κ2) is 6.34. The Morgan fingerprint density at radius 3 is 2.53 bits per heavy atom. The van der Waals surface area contributed by atoms with Crippen LogP contribution in [0.1, 0.15) is 39.0 Å². The number of hydrogen-bond acceptors (Lipinski definition) is 5. The molecular weight excluding hydrogens is 222 g/mol. The van der Waals surface area contributed by atoms with Crippen molar-refractivity contribution in [2.24, 2.45) is 0 Å². The molecule has 1 rings (SSSR count). The molecule has 0 fully saturated rings. The highest BCUT2D eigenvalue weighted by Gasteiger charge is 2.18. The normalized spacial score (nSPS) is 12.9. The minimum Gasteiger partial charge on any atom is -0.481 e. The molecule has 1 atom stereocenters. The number of hydrogen-bond donors (Lipinski definition) is 1. The van der Waals surface area contributed by atoms with Gasteiger partial charge in [-0.05, 0) is 13.5 Å². The summed E-state index contributed by atoms with van der Waals surface area (Å²) in [5.41, 5.74) is 0. The summed E-state index contributed by atoms with van der Waals surface area (Å²) >= 11 is 0. The van der Waals surface area contributed by atoms with Crippen molar-refractivity contribution in [1.29, 1.82) is 0 Å². The van der Waals surface area contributed by atoms with Gasteiger partial charge in [0.25, 0.3) is 0 Å². The fourth-order valence-corrected chi connectivity index (χ4v) is 1.63. The lowest BCUT2D eigenvalue weighted by Crippen LogP contribution is -2.34. The molecule has 96 valence electrons. The molecule has 0 aliphatic carbocycles. The van der Waals surface area contributed by atoms with Gasteiger partial charge >= 0.3 is 5.97 Å². The molecule has 0 saturated heterocycles. The van der Waals surface area contributed by atoms with Gasteiger partial charge in [-0.1, -0.05) is 13.8 Å². The Morgan fingerprint density at radius 1 is 1.41 bits per heavy atom. The molecule has 1 aromatic heterocycles. The zero-order valence-electron chi connectivity index (χ0n) is 10.5. The van der Waals surface area contributed by atoms with E-state index in [9.17, 15) is 4.79 Å². The van der Waals surface area contributed by atoms with E-state index in [4.69, 9.17) is 9.52 Å². The number of carboxylic acid groups (broad SMARTS) is 1. The molecule has 1 N–H and O–H groups in total. The molecule has 0 amide bonds. The summed E-state index contributed by atoms with van der Waals surface area (Å²) in [6.07, 6.45) is 0.826. The van der Waals surface area contributed by atoms with Crippen LogP contribution in [0.3, 0.4) is 0 Å². The van der Waals surface area contributed by atoms with Gasteiger partial charge in [-0.2, -0.15) is 0 Å². The maximum absolute atomic E-state index is 10.7. The molecule has 1 heterocycles. The Bertz CT molecular complexity index is 365. The van der Waals surface area contributed by atoms with Crippen LogP contribution in [0.15, 0.2) is 4.42 Å². The average molecular weight is 241 g/mol. The van der Waals surface area contributed by atoms with Crippen molar-refractivity contribution in [3.8, 4) is 0 Å². The predicted octanol–water partition coefficient (Wildman–Crippen LogP) is 1.32. The summed E-state index contributed by atoms with van der Waals surface area (Å²) in [6, 6.07) is -0.0468. The van der Waals surface area contributed by atoms with E-state index >= 15 is 0 Å². The van der Waals surface area contributed by atoms with Gasteiger partial charge in [-0.25, -0.2) is 0 Å². The first-order chi connectivity index (χ1) is 8.06. The number of carboxylic acids is 1. The van der Waals surface area contributed by atoms with E-state index in [1.54, 1.807) is 0 Å². The molecule has 1 aromatic rings. The topological polar surface area (TPSA) is 79.5 Å². The van der Waals surface area contributed by atoms with Crippen molar-refractivity contribution < 1.29 is 14.3 Å². The fourth-order valence-electron chi connectivity index (χ4n) is 1.63. The lowest BCUT2D eigenvalue weighted by molar-refractivity contribution is -0.138. The second-order valence-corrected chi connectivity index (χ2v) is 3.95. The van der Waals surface area contributed by atoms with E-state index in [0.29, 0.717) is 24.7 Å². The molecule has 0 radical (unpaired) electrons. The van der Waals surface area contributed by atoms with Gasteiger partial charge < -0.3 is 9.52 Å². The highest BCUT2D eigenvalue weighted by atomic mass is 16.4. The van der Waals surface area contributed by atoms with Gasteiger partial charge in [-0.3, -0.25) is 9.69 Å². The molecule has 1 unspecified atom stereocenters. The Morgan fingerprint density at radius 2 is 2.06 bits per heavy atom. The molecule has 0 aliphatic rings. The maximum Gasteiger partial charge on any atom is 0.304 e. The molecule has 0 aromatic carbocycles. The monoisotopic (exact) mass is 241 g/mol.